The van der Waals surface area contributed by atoms with Crippen molar-refractivity contribution in [3.63, 3.8) is 0 Å². The van der Waals surface area contributed by atoms with Gasteiger partial charge in [0.2, 0.25) is 0 Å². The maximum atomic E-state index is 14.2. The van der Waals surface area contributed by atoms with Crippen LogP contribution in [0, 0.1) is 0 Å². The molecule has 0 aliphatic carbocycles. The minimum atomic E-state index is -2.56. The lowest BCUT2D eigenvalue weighted by Gasteiger charge is -2.51. The van der Waals surface area contributed by atoms with Crippen LogP contribution >= 0.6 is 34.8 Å². The normalized spacial score (nSPS) is 26.0. The molecule has 72 heavy (non-hydrogen) atoms. The van der Waals surface area contributed by atoms with E-state index in [1.54, 1.807) is 66.7 Å². The highest BCUT2D eigenvalue weighted by Crippen LogP contribution is 2.40. The number of Topliss-reactive ketones (excluding diaryl/α,β-unsaturated/α-hetero) is 1. The Balaban J connectivity index is 1.24. The van der Waals surface area contributed by atoms with Crippen molar-refractivity contribution in [2.45, 2.75) is 97.8 Å². The zero-order valence-electron chi connectivity index (χ0n) is 38.5. The van der Waals surface area contributed by atoms with Crippen LogP contribution in [0.3, 0.4) is 0 Å². The lowest BCUT2D eigenvalue weighted by Crippen LogP contribution is -2.70. The molecule has 5 aromatic rings. The highest BCUT2D eigenvalue weighted by Gasteiger charge is 2.60. The van der Waals surface area contributed by atoms with Crippen LogP contribution in [-0.4, -0.2) is 114 Å². The number of rotatable bonds is 16. The Hall–Kier alpha value is -5.99. The average molecular weight is 1050 g/mol. The van der Waals surface area contributed by atoms with Crippen LogP contribution in [0.4, 0.5) is 0 Å². The third-order valence-corrected chi connectivity index (χ3v) is 12.4. The van der Waals surface area contributed by atoms with Gasteiger partial charge in [0, 0.05) is 12.0 Å². The number of halogens is 3. The van der Waals surface area contributed by atoms with Gasteiger partial charge in [-0.15, -0.1) is 0 Å². The molecule has 5 aromatic carbocycles. The number of alkyl halides is 3. The van der Waals surface area contributed by atoms with Crippen molar-refractivity contribution in [2.24, 2.45) is 0 Å². The van der Waals surface area contributed by atoms with Crippen molar-refractivity contribution in [1.82, 2.24) is 5.32 Å². The van der Waals surface area contributed by atoms with Crippen LogP contribution in [-0.2, 0) is 73.2 Å². The van der Waals surface area contributed by atoms with Gasteiger partial charge in [-0.25, -0.2) is 14.4 Å². The van der Waals surface area contributed by atoms with Crippen molar-refractivity contribution < 1.29 is 76.1 Å². The first kappa shape index (κ1) is 52.3. The smallest absolute Gasteiger partial charge is 0.339 e. The summed E-state index contributed by atoms with van der Waals surface area (Å²) < 4.78 is 59.8. The van der Waals surface area contributed by atoms with Crippen molar-refractivity contribution >= 4 is 81.1 Å². The van der Waals surface area contributed by atoms with Gasteiger partial charge in [0.15, 0.2) is 43.3 Å². The second-order valence-corrected chi connectivity index (χ2v) is 19.2. The molecular weight excluding hydrogens is 1000 g/mol. The lowest BCUT2D eigenvalue weighted by atomic mass is 9.94. The Morgan fingerprint density at radius 1 is 0.653 bits per heavy atom. The van der Waals surface area contributed by atoms with E-state index >= 15 is 0 Å². The highest BCUT2D eigenvalue weighted by atomic mass is 35.6. The molecule has 1 unspecified atom stereocenters. The maximum absolute atomic E-state index is 14.2. The second kappa shape index (κ2) is 23.7. The lowest BCUT2D eigenvalue weighted by molar-refractivity contribution is -0.376. The van der Waals surface area contributed by atoms with Gasteiger partial charge >= 0.3 is 23.9 Å². The van der Waals surface area contributed by atoms with E-state index < -0.39 is 108 Å². The minimum absolute atomic E-state index is 0.0154. The Kier molecular flexibility index (Phi) is 17.2. The van der Waals surface area contributed by atoms with E-state index in [-0.39, 0.29) is 36.5 Å². The van der Waals surface area contributed by atoms with E-state index in [1.807, 2.05) is 42.5 Å². The molecule has 3 aliphatic rings. The number of methoxy groups -OCH3 is 1. The van der Waals surface area contributed by atoms with Crippen LogP contribution in [0.5, 0.6) is 0 Å². The molecular formula is C52H48Cl3NO16. The predicted octanol–water partition coefficient (Wildman–Crippen LogP) is 7.07. The first-order valence-corrected chi connectivity index (χ1v) is 23.8. The first-order chi connectivity index (χ1) is 34.7. The summed E-state index contributed by atoms with van der Waals surface area (Å²) in [4.78, 5) is 81.7. The zero-order chi connectivity index (χ0) is 50.9. The minimum Gasteiger partial charge on any atom is -0.467 e. The van der Waals surface area contributed by atoms with E-state index in [4.69, 9.17) is 82.2 Å². The van der Waals surface area contributed by atoms with Crippen LogP contribution < -0.4 is 5.32 Å². The summed E-state index contributed by atoms with van der Waals surface area (Å²) in [6.07, 6.45) is -16.8. The standard InChI is InChI=1S/C52H48Cl3NO16/c1-29(57)22-25-37(58)67-41-42(68-45(59)32-15-6-3-7-16-32)44(69-46(60)33-17-8-4-9-18-33)50(72-43(41)47(61)63-2)71-40-38(56-51(62)52(53,54)55)49(64-27-30-23-24-31-14-12-13-21-35(31)26-30)66-36-28-65-48(70-39(36)40)34-19-10-5-11-20-34/h3-21,23-24,26,36,38-44,48-50H,22,25,27-28H2,1-2H3,(H,56,62)/t36-,38-,39-,40-,41+,42+,43+,44-,48?,49-,50-/m1/s1. The number of benzene rings is 5. The van der Waals surface area contributed by atoms with Crippen molar-refractivity contribution in [2.75, 3.05) is 13.7 Å². The molecule has 1 N–H and O–H groups in total. The van der Waals surface area contributed by atoms with Gasteiger partial charge in [0.05, 0.1) is 37.9 Å². The van der Waals surface area contributed by atoms with Gasteiger partial charge in [0.1, 0.15) is 30.1 Å². The molecule has 0 bridgehead atoms. The summed E-state index contributed by atoms with van der Waals surface area (Å²) in [7, 11) is 1.03. The molecule has 0 spiro atoms. The highest BCUT2D eigenvalue weighted by molar-refractivity contribution is 6.76. The quantitative estimate of drug-likeness (QED) is 0.0596. The van der Waals surface area contributed by atoms with Crippen LogP contribution in [0.2, 0.25) is 0 Å². The summed E-state index contributed by atoms with van der Waals surface area (Å²) in [6.45, 7) is 1.04. The summed E-state index contributed by atoms with van der Waals surface area (Å²) in [5, 5.41) is 4.58. The Bertz CT molecular complexity index is 2710. The van der Waals surface area contributed by atoms with Crippen molar-refractivity contribution in [3.05, 3.63) is 156 Å². The van der Waals surface area contributed by atoms with Crippen LogP contribution in [0.15, 0.2) is 133 Å². The number of carbonyl (C=O) groups is 6. The molecule has 0 radical (unpaired) electrons. The first-order valence-electron chi connectivity index (χ1n) is 22.7. The molecule has 1 amide bonds. The zero-order valence-corrected chi connectivity index (χ0v) is 40.8. The molecule has 3 fully saturated rings. The topological polar surface area (TPSA) is 207 Å². The summed E-state index contributed by atoms with van der Waals surface area (Å²) >= 11 is 18.6. The van der Waals surface area contributed by atoms with Gasteiger partial charge in [-0.1, -0.05) is 138 Å². The summed E-state index contributed by atoms with van der Waals surface area (Å²) in [6, 6.07) is 36.1. The molecule has 17 nitrogen and oxygen atoms in total. The second-order valence-electron chi connectivity index (χ2n) is 16.9. The molecule has 3 saturated heterocycles. The molecule has 378 valence electrons. The SMILES string of the molecule is COC(=O)[C@H]1O[C@@H](O[C@@H]2[C@@H](NC(=O)C(Cl)(Cl)Cl)[C@H](OCc3ccc4ccccc4c3)O[C@@H]3COC(c4ccccc4)O[C@@H]23)[C@H](OC(=O)c2ccccc2)[C@@H](OC(=O)c2ccccc2)[C@@H]1OC(=O)CCC(C)=O. The third kappa shape index (κ3) is 12.8. The van der Waals surface area contributed by atoms with Crippen molar-refractivity contribution in [3.8, 4) is 0 Å². The monoisotopic (exact) mass is 1050 g/mol. The van der Waals surface area contributed by atoms with E-state index in [0.29, 0.717) is 11.1 Å². The fraction of sp³-hybridized carbons (Fsp3) is 0.346. The molecule has 0 saturated carbocycles. The van der Waals surface area contributed by atoms with Crippen LogP contribution in [0.1, 0.15) is 57.9 Å². The number of esters is 4. The van der Waals surface area contributed by atoms with Gasteiger partial charge in [0.25, 0.3) is 9.70 Å². The Labute approximate surface area is 428 Å². The van der Waals surface area contributed by atoms with Gasteiger partial charge in [-0.05, 0) is 53.6 Å². The number of carbonyl (C=O) groups excluding carboxylic acids is 6. The van der Waals surface area contributed by atoms with Gasteiger partial charge < -0.3 is 57.5 Å². The molecule has 8 rings (SSSR count). The third-order valence-electron chi connectivity index (χ3n) is 11.9. The number of ether oxygens (including phenoxy) is 10. The average Bonchev–Trinajstić information content (AvgIpc) is 3.39. The summed E-state index contributed by atoms with van der Waals surface area (Å²) in [5.41, 5.74) is 1.33. The number of fused-ring (bicyclic) bond motifs is 2. The fourth-order valence-corrected chi connectivity index (χ4v) is 8.50. The van der Waals surface area contributed by atoms with E-state index in [0.717, 1.165) is 17.9 Å². The van der Waals surface area contributed by atoms with Gasteiger partial charge in [-0.3, -0.25) is 9.59 Å². The number of hydrogen-bond acceptors (Lipinski definition) is 16. The van der Waals surface area contributed by atoms with E-state index in [9.17, 15) is 28.8 Å². The Morgan fingerprint density at radius 3 is 1.89 bits per heavy atom. The van der Waals surface area contributed by atoms with E-state index in [2.05, 4.69) is 5.32 Å². The van der Waals surface area contributed by atoms with Gasteiger partial charge in [-0.2, -0.15) is 0 Å². The predicted molar refractivity (Wildman–Crippen MR) is 256 cm³/mol. The fourth-order valence-electron chi connectivity index (χ4n) is 8.34. The number of amides is 1. The number of ketones is 1. The van der Waals surface area contributed by atoms with Crippen molar-refractivity contribution in [1.29, 1.82) is 0 Å². The molecule has 20 heteroatoms. The van der Waals surface area contributed by atoms with Crippen LogP contribution in [0.25, 0.3) is 10.8 Å². The largest absolute Gasteiger partial charge is 0.467 e. The molecule has 0 aromatic heterocycles. The summed E-state index contributed by atoms with van der Waals surface area (Å²) in [5.74, 6) is -5.63. The Morgan fingerprint density at radius 2 is 1.26 bits per heavy atom. The van der Waals surface area contributed by atoms with E-state index in [1.165, 1.54) is 31.2 Å². The number of hydrogen-bond donors (Lipinski definition) is 1. The molecule has 3 heterocycles. The molecule has 11 atom stereocenters. The molecule has 3 aliphatic heterocycles. The maximum Gasteiger partial charge on any atom is 0.339 e. The number of nitrogens with one attached hydrogen (secondary N) is 1.